The zero-order valence-corrected chi connectivity index (χ0v) is 19.3. The number of benzene rings is 1. The molecule has 1 amide bonds. The van der Waals surface area contributed by atoms with Gasteiger partial charge in [-0.3, -0.25) is 14.0 Å². The van der Waals surface area contributed by atoms with Crippen LogP contribution in [0.4, 0.5) is 0 Å². The standard InChI is InChI=1S/C25H20ClN5O3/c1-16-4-3-11-31-22(16)29-24-20(25(31)33)14-18(15-27)23(30(24)12-13-34-2)28-21(32)10-7-17-5-8-19(26)9-6-17/h3-11,14H,12-13H2,1-2H3/b10-7-,28-23?. The van der Waals surface area contributed by atoms with Gasteiger partial charge < -0.3 is 9.30 Å². The van der Waals surface area contributed by atoms with Gasteiger partial charge in [0, 0.05) is 31.0 Å². The van der Waals surface area contributed by atoms with Crippen LogP contribution in [0.5, 0.6) is 0 Å². The highest BCUT2D eigenvalue weighted by Gasteiger charge is 2.15. The molecule has 8 nitrogen and oxygen atoms in total. The van der Waals surface area contributed by atoms with Crippen LogP contribution in [0.25, 0.3) is 22.8 Å². The number of carbonyl (C=O) groups excluding carboxylic acids is 1. The van der Waals surface area contributed by atoms with Crippen molar-refractivity contribution in [3.63, 3.8) is 0 Å². The fraction of sp³-hybridized carbons (Fsp3) is 0.160. The summed E-state index contributed by atoms with van der Waals surface area (Å²) in [4.78, 5) is 34.8. The predicted octanol–water partition coefficient (Wildman–Crippen LogP) is 3.27. The number of aromatic nitrogens is 3. The summed E-state index contributed by atoms with van der Waals surface area (Å²) in [5, 5.41) is 10.6. The lowest BCUT2D eigenvalue weighted by molar-refractivity contribution is -0.113. The van der Waals surface area contributed by atoms with Crippen LogP contribution in [-0.4, -0.2) is 33.6 Å². The molecule has 3 aromatic heterocycles. The minimum absolute atomic E-state index is 0.0864. The highest BCUT2D eigenvalue weighted by Crippen LogP contribution is 2.13. The minimum atomic E-state index is -0.564. The van der Waals surface area contributed by atoms with Crippen LogP contribution in [0.3, 0.4) is 0 Å². The summed E-state index contributed by atoms with van der Waals surface area (Å²) in [6, 6.07) is 14.1. The lowest BCUT2D eigenvalue weighted by Crippen LogP contribution is -2.30. The van der Waals surface area contributed by atoms with Crippen molar-refractivity contribution in [2.75, 3.05) is 13.7 Å². The van der Waals surface area contributed by atoms with Gasteiger partial charge in [0.25, 0.3) is 11.5 Å². The van der Waals surface area contributed by atoms with Gasteiger partial charge in [0.1, 0.15) is 17.4 Å². The maximum atomic E-state index is 13.2. The maximum Gasteiger partial charge on any atom is 0.271 e. The molecule has 1 aromatic carbocycles. The lowest BCUT2D eigenvalue weighted by Gasteiger charge is -2.13. The van der Waals surface area contributed by atoms with Gasteiger partial charge in [-0.2, -0.15) is 10.3 Å². The van der Waals surface area contributed by atoms with E-state index in [4.69, 9.17) is 21.3 Å². The average molecular weight is 474 g/mol. The van der Waals surface area contributed by atoms with Crippen molar-refractivity contribution in [2.45, 2.75) is 13.5 Å². The molecule has 4 rings (SSSR count). The summed E-state index contributed by atoms with van der Waals surface area (Å²) in [7, 11) is 1.54. The van der Waals surface area contributed by atoms with Crippen molar-refractivity contribution >= 4 is 40.3 Å². The van der Waals surface area contributed by atoms with E-state index in [0.29, 0.717) is 16.3 Å². The van der Waals surface area contributed by atoms with Gasteiger partial charge in [-0.05, 0) is 48.4 Å². The second-order valence-corrected chi connectivity index (χ2v) is 7.95. The molecule has 0 radical (unpaired) electrons. The summed E-state index contributed by atoms with van der Waals surface area (Å²) in [6.45, 7) is 2.36. The third-order valence-corrected chi connectivity index (χ3v) is 5.50. The van der Waals surface area contributed by atoms with E-state index < -0.39 is 5.91 Å². The number of hydrogen-bond acceptors (Lipinski definition) is 5. The van der Waals surface area contributed by atoms with E-state index in [1.54, 1.807) is 47.2 Å². The molecular weight excluding hydrogens is 454 g/mol. The summed E-state index contributed by atoms with van der Waals surface area (Å²) >= 11 is 5.90. The molecule has 0 aliphatic rings. The van der Waals surface area contributed by atoms with Gasteiger partial charge in [0.2, 0.25) is 0 Å². The lowest BCUT2D eigenvalue weighted by atomic mass is 10.2. The summed E-state index contributed by atoms with van der Waals surface area (Å²) in [6.07, 6.45) is 4.55. The third-order valence-electron chi connectivity index (χ3n) is 5.25. The first-order chi connectivity index (χ1) is 16.4. The molecule has 0 saturated carbocycles. The normalized spacial score (nSPS) is 12.0. The molecular formula is C25H20ClN5O3. The van der Waals surface area contributed by atoms with Crippen LogP contribution >= 0.6 is 11.6 Å². The number of carbonyl (C=O) groups is 1. The Morgan fingerprint density at radius 2 is 2.03 bits per heavy atom. The molecule has 0 aliphatic carbocycles. The molecule has 9 heteroatoms. The second-order valence-electron chi connectivity index (χ2n) is 7.51. The first kappa shape index (κ1) is 23.1. The number of nitriles is 1. The summed E-state index contributed by atoms with van der Waals surface area (Å²) in [5.74, 6) is -0.564. The number of aryl methyl sites for hydroxylation is 1. The Morgan fingerprint density at radius 3 is 2.74 bits per heavy atom. The number of halogens is 1. The highest BCUT2D eigenvalue weighted by atomic mass is 35.5. The second kappa shape index (κ2) is 9.83. The van der Waals surface area contributed by atoms with E-state index in [1.807, 2.05) is 13.0 Å². The van der Waals surface area contributed by atoms with Crippen LogP contribution in [0, 0.1) is 18.3 Å². The molecule has 0 unspecified atom stereocenters. The molecule has 0 saturated heterocycles. The van der Waals surface area contributed by atoms with Crippen LogP contribution < -0.4 is 11.0 Å². The molecule has 0 aliphatic heterocycles. The maximum absolute atomic E-state index is 13.2. The molecule has 0 atom stereocenters. The van der Waals surface area contributed by atoms with E-state index in [9.17, 15) is 14.9 Å². The third kappa shape index (κ3) is 4.53. The van der Waals surface area contributed by atoms with Crippen molar-refractivity contribution in [1.29, 1.82) is 5.26 Å². The molecule has 0 N–H and O–H groups in total. The number of pyridine rings is 2. The predicted molar refractivity (Wildman–Crippen MR) is 129 cm³/mol. The van der Waals surface area contributed by atoms with Gasteiger partial charge in [0.15, 0.2) is 5.49 Å². The quantitative estimate of drug-likeness (QED) is 0.327. The monoisotopic (exact) mass is 473 g/mol. The summed E-state index contributed by atoms with van der Waals surface area (Å²) in [5.41, 5.74) is 2.28. The van der Waals surface area contributed by atoms with Crippen molar-refractivity contribution in [2.24, 2.45) is 4.99 Å². The average Bonchev–Trinajstić information content (AvgIpc) is 2.83. The van der Waals surface area contributed by atoms with E-state index in [-0.39, 0.29) is 35.1 Å². The summed E-state index contributed by atoms with van der Waals surface area (Å²) < 4.78 is 8.24. The number of hydrogen-bond donors (Lipinski definition) is 0. The highest BCUT2D eigenvalue weighted by molar-refractivity contribution is 6.30. The van der Waals surface area contributed by atoms with E-state index in [1.165, 1.54) is 23.7 Å². The number of nitrogens with zero attached hydrogens (tertiary/aromatic N) is 5. The first-order valence-electron chi connectivity index (χ1n) is 10.4. The molecule has 34 heavy (non-hydrogen) atoms. The fourth-order valence-electron chi connectivity index (χ4n) is 3.57. The SMILES string of the molecule is COCCn1c(=NC(=O)/C=C\c2ccc(Cl)cc2)c(C#N)cc2c(=O)n3cccc(C)c3nc21. The Morgan fingerprint density at radius 1 is 1.26 bits per heavy atom. The Hall–Kier alpha value is -4.06. The number of rotatable bonds is 5. The van der Waals surface area contributed by atoms with Crippen molar-refractivity contribution < 1.29 is 9.53 Å². The Kier molecular flexibility index (Phi) is 6.68. The van der Waals surface area contributed by atoms with Crippen LogP contribution in [0.2, 0.25) is 5.02 Å². The molecule has 4 aromatic rings. The van der Waals surface area contributed by atoms with Crippen LogP contribution in [0.1, 0.15) is 16.7 Å². The van der Waals surface area contributed by atoms with Crippen molar-refractivity contribution in [1.82, 2.24) is 14.0 Å². The smallest absolute Gasteiger partial charge is 0.271 e. The van der Waals surface area contributed by atoms with Gasteiger partial charge >= 0.3 is 0 Å². The topological polar surface area (TPSA) is 102 Å². The van der Waals surface area contributed by atoms with Crippen LogP contribution in [0.15, 0.2) is 64.5 Å². The van der Waals surface area contributed by atoms with Crippen molar-refractivity contribution in [3.8, 4) is 6.07 Å². The van der Waals surface area contributed by atoms with Gasteiger partial charge in [0.05, 0.1) is 17.6 Å². The molecule has 3 heterocycles. The largest absolute Gasteiger partial charge is 0.383 e. The zero-order valence-electron chi connectivity index (χ0n) is 18.5. The molecule has 170 valence electrons. The molecule has 0 spiro atoms. The Balaban J connectivity index is 1.96. The minimum Gasteiger partial charge on any atom is -0.383 e. The van der Waals surface area contributed by atoms with E-state index >= 15 is 0 Å². The number of amides is 1. The molecule has 0 bridgehead atoms. The number of ether oxygens (including phenoxy) is 1. The number of fused-ring (bicyclic) bond motifs is 2. The van der Waals surface area contributed by atoms with E-state index in [2.05, 4.69) is 11.1 Å². The van der Waals surface area contributed by atoms with E-state index in [0.717, 1.165) is 11.1 Å². The molecule has 0 fully saturated rings. The first-order valence-corrected chi connectivity index (χ1v) is 10.8. The van der Waals surface area contributed by atoms with Gasteiger partial charge in [-0.25, -0.2) is 4.98 Å². The van der Waals surface area contributed by atoms with Crippen molar-refractivity contribution in [3.05, 3.63) is 92.3 Å². The number of methoxy groups -OCH3 is 1. The van der Waals surface area contributed by atoms with Crippen LogP contribution in [-0.2, 0) is 16.1 Å². The fourth-order valence-corrected chi connectivity index (χ4v) is 3.69. The zero-order chi connectivity index (χ0) is 24.2. The Bertz CT molecular complexity index is 1610. The van der Waals surface area contributed by atoms with Gasteiger partial charge in [-0.1, -0.05) is 29.8 Å². The van der Waals surface area contributed by atoms with Gasteiger partial charge in [-0.15, -0.1) is 0 Å². The Labute approximate surface area is 199 Å².